The quantitative estimate of drug-likeness (QED) is 0.493. The second-order valence-electron chi connectivity index (χ2n) is 5.23. The number of hydrogen-bond acceptors (Lipinski definition) is 4. The van der Waals surface area contributed by atoms with Crippen LogP contribution in [0.4, 0.5) is 0 Å². The van der Waals surface area contributed by atoms with Crippen molar-refractivity contribution in [3.8, 4) is 11.1 Å². The summed E-state index contributed by atoms with van der Waals surface area (Å²) in [5.74, 6) is -1.19. The molecule has 0 fully saturated rings. The third kappa shape index (κ3) is 4.15. The lowest BCUT2D eigenvalue weighted by Crippen LogP contribution is -2.54. The minimum Gasteiger partial charge on any atom is -0.339 e. The van der Waals surface area contributed by atoms with Crippen LogP contribution in [0.2, 0.25) is 0 Å². The molecule has 6 heteroatoms. The Labute approximate surface area is 134 Å². The smallest absolute Gasteiger partial charge is 0.267 e. The summed E-state index contributed by atoms with van der Waals surface area (Å²) in [6.07, 6.45) is 0. The van der Waals surface area contributed by atoms with Crippen molar-refractivity contribution in [2.24, 2.45) is 5.73 Å². The molecule has 2 aromatic carbocycles. The molecule has 2 unspecified atom stereocenters. The molecule has 0 radical (unpaired) electrons. The molecule has 0 saturated carbocycles. The molecule has 0 bridgehead atoms. The summed E-state index contributed by atoms with van der Waals surface area (Å²) in [6.45, 7) is 1.57. The average Bonchev–Trinajstić information content (AvgIpc) is 2.59. The molecular weight excluding hydrogens is 294 g/mol. The van der Waals surface area contributed by atoms with Crippen molar-refractivity contribution < 1.29 is 14.8 Å². The number of carbonyl (C=O) groups excluding carboxylic acids is 2. The number of amides is 2. The number of nitrogens with one attached hydrogen (secondary N) is 2. The first-order valence-electron chi connectivity index (χ1n) is 7.19. The number of hydrogen-bond donors (Lipinski definition) is 4. The maximum absolute atomic E-state index is 12.2. The van der Waals surface area contributed by atoms with Crippen LogP contribution < -0.4 is 16.5 Å². The summed E-state index contributed by atoms with van der Waals surface area (Å²) >= 11 is 0. The van der Waals surface area contributed by atoms with E-state index in [0.29, 0.717) is 5.56 Å². The van der Waals surface area contributed by atoms with Crippen LogP contribution in [-0.2, 0) is 4.79 Å². The Morgan fingerprint density at radius 1 is 1.00 bits per heavy atom. The van der Waals surface area contributed by atoms with Gasteiger partial charge in [-0.05, 0) is 30.2 Å². The first-order valence-corrected chi connectivity index (χ1v) is 7.19. The summed E-state index contributed by atoms with van der Waals surface area (Å²) in [5, 5.41) is 11.2. The summed E-state index contributed by atoms with van der Waals surface area (Å²) in [7, 11) is 0. The van der Waals surface area contributed by atoms with E-state index in [2.05, 4.69) is 5.32 Å². The van der Waals surface area contributed by atoms with E-state index < -0.39 is 23.9 Å². The summed E-state index contributed by atoms with van der Waals surface area (Å²) in [5.41, 5.74) is 9.59. The van der Waals surface area contributed by atoms with Crippen molar-refractivity contribution in [1.29, 1.82) is 0 Å². The Hall–Kier alpha value is -2.70. The fourth-order valence-electron chi connectivity index (χ4n) is 2.17. The summed E-state index contributed by atoms with van der Waals surface area (Å²) in [4.78, 5) is 23.7. The first kappa shape index (κ1) is 16.7. The molecule has 2 amide bonds. The van der Waals surface area contributed by atoms with Gasteiger partial charge in [-0.3, -0.25) is 14.8 Å². The maximum atomic E-state index is 12.2. The van der Waals surface area contributed by atoms with Gasteiger partial charge in [-0.1, -0.05) is 42.5 Å². The minimum absolute atomic E-state index is 0.404. The number of rotatable bonds is 5. The molecule has 0 heterocycles. The monoisotopic (exact) mass is 313 g/mol. The molecule has 0 saturated heterocycles. The largest absolute Gasteiger partial charge is 0.339 e. The zero-order valence-corrected chi connectivity index (χ0v) is 12.7. The van der Waals surface area contributed by atoms with Crippen LogP contribution in [0.5, 0.6) is 0 Å². The van der Waals surface area contributed by atoms with Gasteiger partial charge >= 0.3 is 0 Å². The Morgan fingerprint density at radius 2 is 1.57 bits per heavy atom. The summed E-state index contributed by atoms with van der Waals surface area (Å²) in [6, 6.07) is 15.1. The highest BCUT2D eigenvalue weighted by Crippen LogP contribution is 2.19. The molecular formula is C17H19N3O3. The van der Waals surface area contributed by atoms with Gasteiger partial charge in [0.2, 0.25) is 0 Å². The van der Waals surface area contributed by atoms with E-state index in [4.69, 9.17) is 10.9 Å². The molecule has 2 aromatic rings. The molecule has 5 N–H and O–H groups in total. The Balaban J connectivity index is 2.12. The van der Waals surface area contributed by atoms with Crippen LogP contribution in [0.25, 0.3) is 11.1 Å². The van der Waals surface area contributed by atoms with Gasteiger partial charge in [0.15, 0.2) is 0 Å². The van der Waals surface area contributed by atoms with Crippen LogP contribution >= 0.6 is 0 Å². The highest BCUT2D eigenvalue weighted by molar-refractivity contribution is 5.98. The molecule has 23 heavy (non-hydrogen) atoms. The van der Waals surface area contributed by atoms with Gasteiger partial charge in [-0.15, -0.1) is 0 Å². The predicted molar refractivity (Wildman–Crippen MR) is 86.7 cm³/mol. The maximum Gasteiger partial charge on any atom is 0.267 e. The minimum atomic E-state index is -1.01. The van der Waals surface area contributed by atoms with Crippen molar-refractivity contribution in [2.45, 2.75) is 19.0 Å². The van der Waals surface area contributed by atoms with Crippen molar-refractivity contribution in [1.82, 2.24) is 10.8 Å². The van der Waals surface area contributed by atoms with E-state index in [1.807, 2.05) is 42.5 Å². The first-order chi connectivity index (χ1) is 11.0. The Morgan fingerprint density at radius 3 is 2.09 bits per heavy atom. The van der Waals surface area contributed by atoms with Gasteiger partial charge in [0.25, 0.3) is 11.8 Å². The number of nitrogens with two attached hydrogens (primary N) is 1. The standard InChI is InChI=1S/C17H19N3O3/c1-11(18)15(17(22)20-23)19-16(21)14-9-7-13(8-10-14)12-5-3-2-4-6-12/h2-11,15,23H,18H2,1H3,(H,19,21)(H,20,22). The van der Waals surface area contributed by atoms with Crippen molar-refractivity contribution in [3.05, 3.63) is 60.2 Å². The van der Waals surface area contributed by atoms with E-state index in [-0.39, 0.29) is 0 Å². The second kappa shape index (κ2) is 7.53. The number of carbonyl (C=O) groups is 2. The molecule has 0 aliphatic carbocycles. The van der Waals surface area contributed by atoms with Crippen molar-refractivity contribution in [3.63, 3.8) is 0 Å². The fourth-order valence-corrected chi connectivity index (χ4v) is 2.17. The molecule has 6 nitrogen and oxygen atoms in total. The molecule has 0 aromatic heterocycles. The lowest BCUT2D eigenvalue weighted by atomic mass is 10.0. The lowest BCUT2D eigenvalue weighted by Gasteiger charge is -2.20. The summed E-state index contributed by atoms with van der Waals surface area (Å²) < 4.78 is 0. The van der Waals surface area contributed by atoms with E-state index in [1.54, 1.807) is 19.1 Å². The normalized spacial score (nSPS) is 13.0. The van der Waals surface area contributed by atoms with Crippen LogP contribution in [0, 0.1) is 0 Å². The van der Waals surface area contributed by atoms with E-state index in [1.165, 1.54) is 5.48 Å². The van der Waals surface area contributed by atoms with Crippen molar-refractivity contribution in [2.75, 3.05) is 0 Å². The molecule has 0 spiro atoms. The van der Waals surface area contributed by atoms with Crippen LogP contribution in [0.15, 0.2) is 54.6 Å². The van der Waals surface area contributed by atoms with Gasteiger partial charge < -0.3 is 11.1 Å². The van der Waals surface area contributed by atoms with Crippen LogP contribution in [-0.4, -0.2) is 29.1 Å². The van der Waals surface area contributed by atoms with Crippen LogP contribution in [0.1, 0.15) is 17.3 Å². The third-order valence-electron chi connectivity index (χ3n) is 3.46. The predicted octanol–water partition coefficient (Wildman–Crippen LogP) is 1.30. The molecule has 0 aliphatic rings. The zero-order valence-electron chi connectivity index (χ0n) is 12.7. The zero-order chi connectivity index (χ0) is 16.8. The third-order valence-corrected chi connectivity index (χ3v) is 3.46. The molecule has 0 aliphatic heterocycles. The molecule has 2 atom stereocenters. The van der Waals surface area contributed by atoms with Gasteiger partial charge in [0.1, 0.15) is 6.04 Å². The van der Waals surface area contributed by atoms with Gasteiger partial charge in [-0.2, -0.15) is 0 Å². The van der Waals surface area contributed by atoms with Gasteiger partial charge in [0.05, 0.1) is 0 Å². The highest BCUT2D eigenvalue weighted by Gasteiger charge is 2.24. The Kier molecular flexibility index (Phi) is 5.46. The van der Waals surface area contributed by atoms with E-state index >= 15 is 0 Å². The lowest BCUT2D eigenvalue weighted by molar-refractivity contribution is -0.131. The van der Waals surface area contributed by atoms with Gasteiger partial charge in [0, 0.05) is 11.6 Å². The van der Waals surface area contributed by atoms with Crippen molar-refractivity contribution >= 4 is 11.8 Å². The number of benzene rings is 2. The second-order valence-corrected chi connectivity index (χ2v) is 5.23. The van der Waals surface area contributed by atoms with E-state index in [9.17, 15) is 9.59 Å². The molecule has 120 valence electrons. The average molecular weight is 313 g/mol. The van der Waals surface area contributed by atoms with Crippen LogP contribution in [0.3, 0.4) is 0 Å². The Bertz CT molecular complexity index is 669. The number of hydroxylamine groups is 1. The van der Waals surface area contributed by atoms with E-state index in [0.717, 1.165) is 11.1 Å². The molecule has 2 rings (SSSR count). The SMILES string of the molecule is CC(N)C(NC(=O)c1ccc(-c2ccccc2)cc1)C(=O)NO. The highest BCUT2D eigenvalue weighted by atomic mass is 16.5. The topological polar surface area (TPSA) is 104 Å². The van der Waals surface area contributed by atoms with Gasteiger partial charge in [-0.25, -0.2) is 5.48 Å². The fraction of sp³-hybridized carbons (Fsp3) is 0.176.